The van der Waals surface area contributed by atoms with Gasteiger partial charge in [-0.05, 0) is 6.42 Å². The summed E-state index contributed by atoms with van der Waals surface area (Å²) in [6.07, 6.45) is 6.11. The fraction of sp³-hybridized carbons (Fsp3) is 0.571. The zero-order valence-electron chi connectivity index (χ0n) is 5.52. The SMILES string of the molecule is C#CCOC(=O)CCC. The second-order valence-electron chi connectivity index (χ2n) is 1.61. The molecule has 0 amide bonds. The van der Waals surface area contributed by atoms with E-state index in [0.717, 1.165) is 6.42 Å². The molecule has 0 aromatic heterocycles. The Labute approximate surface area is 55.2 Å². The molecule has 0 aromatic carbocycles. The maximum Gasteiger partial charge on any atom is 0.306 e. The van der Waals surface area contributed by atoms with Crippen LogP contribution in [0.1, 0.15) is 19.8 Å². The van der Waals surface area contributed by atoms with Crippen LogP contribution in [-0.2, 0) is 9.53 Å². The maximum absolute atomic E-state index is 10.5. The zero-order chi connectivity index (χ0) is 7.11. The van der Waals surface area contributed by atoms with Crippen LogP contribution in [0.3, 0.4) is 0 Å². The van der Waals surface area contributed by atoms with Gasteiger partial charge < -0.3 is 4.74 Å². The first-order valence-corrected chi connectivity index (χ1v) is 2.90. The van der Waals surface area contributed by atoms with Crippen LogP contribution in [-0.4, -0.2) is 12.6 Å². The van der Waals surface area contributed by atoms with Gasteiger partial charge in [-0.3, -0.25) is 4.79 Å². The molecule has 0 fully saturated rings. The van der Waals surface area contributed by atoms with Crippen LogP contribution in [0, 0.1) is 12.3 Å². The molecular formula is C7H10O2. The molecule has 0 aliphatic carbocycles. The third-order valence-corrected chi connectivity index (χ3v) is 0.771. The predicted octanol–water partition coefficient (Wildman–Crippen LogP) is 0.963. The van der Waals surface area contributed by atoms with Crippen LogP contribution in [0.2, 0.25) is 0 Å². The lowest BCUT2D eigenvalue weighted by Crippen LogP contribution is -2.02. The third kappa shape index (κ3) is 4.89. The number of hydrogen-bond donors (Lipinski definition) is 0. The number of ether oxygens (including phenoxy) is 1. The van der Waals surface area contributed by atoms with Crippen molar-refractivity contribution in [3.8, 4) is 12.3 Å². The second kappa shape index (κ2) is 5.17. The van der Waals surface area contributed by atoms with Gasteiger partial charge >= 0.3 is 5.97 Å². The Morgan fingerprint density at radius 1 is 1.78 bits per heavy atom. The van der Waals surface area contributed by atoms with E-state index in [1.54, 1.807) is 0 Å². The Kier molecular flexibility index (Phi) is 4.61. The first-order valence-electron chi connectivity index (χ1n) is 2.90. The molecule has 0 spiro atoms. The number of esters is 1. The summed E-state index contributed by atoms with van der Waals surface area (Å²) in [7, 11) is 0. The summed E-state index contributed by atoms with van der Waals surface area (Å²) in [5, 5.41) is 0. The second-order valence-corrected chi connectivity index (χ2v) is 1.61. The molecule has 2 nitrogen and oxygen atoms in total. The van der Waals surface area contributed by atoms with Crippen LogP contribution >= 0.6 is 0 Å². The average molecular weight is 126 g/mol. The minimum atomic E-state index is -0.213. The number of hydrogen-bond acceptors (Lipinski definition) is 2. The van der Waals surface area contributed by atoms with Gasteiger partial charge in [-0.15, -0.1) is 6.42 Å². The van der Waals surface area contributed by atoms with Crippen molar-refractivity contribution >= 4 is 5.97 Å². The Balaban J connectivity index is 3.19. The molecule has 0 aliphatic heterocycles. The van der Waals surface area contributed by atoms with Crippen molar-refractivity contribution in [2.24, 2.45) is 0 Å². The summed E-state index contributed by atoms with van der Waals surface area (Å²) in [5.41, 5.74) is 0. The minimum Gasteiger partial charge on any atom is -0.452 e. The van der Waals surface area contributed by atoms with E-state index in [9.17, 15) is 4.79 Å². The lowest BCUT2D eigenvalue weighted by atomic mass is 10.3. The smallest absolute Gasteiger partial charge is 0.306 e. The van der Waals surface area contributed by atoms with E-state index in [1.807, 2.05) is 6.92 Å². The molecule has 0 saturated carbocycles. The van der Waals surface area contributed by atoms with Crippen LogP contribution in [0.4, 0.5) is 0 Å². The third-order valence-electron chi connectivity index (χ3n) is 0.771. The molecule has 0 atom stereocenters. The van der Waals surface area contributed by atoms with Gasteiger partial charge in [0.2, 0.25) is 0 Å². The van der Waals surface area contributed by atoms with Gasteiger partial charge in [0, 0.05) is 6.42 Å². The molecule has 0 rings (SSSR count). The predicted molar refractivity (Wildman–Crippen MR) is 34.7 cm³/mol. The van der Waals surface area contributed by atoms with Crippen molar-refractivity contribution in [2.75, 3.05) is 6.61 Å². The lowest BCUT2D eigenvalue weighted by molar-refractivity contribution is -0.142. The molecule has 0 heterocycles. The molecule has 0 radical (unpaired) electrons. The van der Waals surface area contributed by atoms with Crippen molar-refractivity contribution in [3.05, 3.63) is 0 Å². The van der Waals surface area contributed by atoms with E-state index in [2.05, 4.69) is 10.7 Å². The highest BCUT2D eigenvalue weighted by Crippen LogP contribution is 1.89. The molecule has 2 heteroatoms. The topological polar surface area (TPSA) is 26.3 Å². The highest BCUT2D eigenvalue weighted by atomic mass is 16.5. The van der Waals surface area contributed by atoms with Crippen LogP contribution in [0.25, 0.3) is 0 Å². The van der Waals surface area contributed by atoms with Crippen molar-refractivity contribution in [1.29, 1.82) is 0 Å². The van der Waals surface area contributed by atoms with E-state index < -0.39 is 0 Å². The zero-order valence-corrected chi connectivity index (χ0v) is 5.52. The van der Waals surface area contributed by atoms with Gasteiger partial charge in [-0.25, -0.2) is 0 Å². The largest absolute Gasteiger partial charge is 0.452 e. The Bertz CT molecular complexity index is 121. The molecule has 50 valence electrons. The molecule has 0 saturated heterocycles. The quantitative estimate of drug-likeness (QED) is 0.416. The summed E-state index contributed by atoms with van der Waals surface area (Å²) in [6.45, 7) is 2.01. The van der Waals surface area contributed by atoms with Crippen LogP contribution < -0.4 is 0 Å². The van der Waals surface area contributed by atoms with E-state index in [0.29, 0.717) is 6.42 Å². The normalized spacial score (nSPS) is 8.00. The van der Waals surface area contributed by atoms with E-state index in [4.69, 9.17) is 6.42 Å². The summed E-state index contributed by atoms with van der Waals surface area (Å²) in [4.78, 5) is 10.5. The van der Waals surface area contributed by atoms with Gasteiger partial charge in [-0.1, -0.05) is 12.8 Å². The monoisotopic (exact) mass is 126 g/mol. The summed E-state index contributed by atoms with van der Waals surface area (Å²) < 4.78 is 4.56. The van der Waals surface area contributed by atoms with Gasteiger partial charge in [0.1, 0.15) is 0 Å². The molecule has 9 heavy (non-hydrogen) atoms. The number of carbonyl (C=O) groups is 1. The van der Waals surface area contributed by atoms with Crippen LogP contribution in [0.15, 0.2) is 0 Å². The number of carbonyl (C=O) groups excluding carboxylic acids is 1. The van der Waals surface area contributed by atoms with Gasteiger partial charge in [0.05, 0.1) is 0 Å². The molecule has 0 N–H and O–H groups in total. The van der Waals surface area contributed by atoms with Gasteiger partial charge in [0.25, 0.3) is 0 Å². The lowest BCUT2D eigenvalue weighted by Gasteiger charge is -1.95. The highest BCUT2D eigenvalue weighted by molar-refractivity contribution is 5.69. The Morgan fingerprint density at radius 3 is 2.89 bits per heavy atom. The maximum atomic E-state index is 10.5. The van der Waals surface area contributed by atoms with E-state index in [-0.39, 0.29) is 12.6 Å². The number of terminal acetylenes is 1. The summed E-state index contributed by atoms with van der Waals surface area (Å²) in [6, 6.07) is 0. The fourth-order valence-electron chi connectivity index (χ4n) is 0.398. The summed E-state index contributed by atoms with van der Waals surface area (Å²) in [5.74, 6) is 2.00. The standard InChI is InChI=1S/C7H10O2/c1-3-5-7(8)9-6-4-2/h2H,3,5-6H2,1H3. The fourth-order valence-corrected chi connectivity index (χ4v) is 0.398. The van der Waals surface area contributed by atoms with Crippen molar-refractivity contribution in [2.45, 2.75) is 19.8 Å². The molecule has 0 aromatic rings. The highest BCUT2D eigenvalue weighted by Gasteiger charge is 1.96. The Hall–Kier alpha value is -0.970. The van der Waals surface area contributed by atoms with Gasteiger partial charge in [-0.2, -0.15) is 0 Å². The van der Waals surface area contributed by atoms with Crippen molar-refractivity contribution in [3.63, 3.8) is 0 Å². The van der Waals surface area contributed by atoms with Crippen LogP contribution in [0.5, 0.6) is 0 Å². The van der Waals surface area contributed by atoms with Gasteiger partial charge in [0.15, 0.2) is 6.61 Å². The molecule has 0 aliphatic rings. The molecular weight excluding hydrogens is 116 g/mol. The molecule has 0 unspecified atom stereocenters. The van der Waals surface area contributed by atoms with E-state index in [1.165, 1.54) is 0 Å². The number of rotatable bonds is 3. The average Bonchev–Trinajstić information content (AvgIpc) is 1.85. The van der Waals surface area contributed by atoms with Crippen molar-refractivity contribution in [1.82, 2.24) is 0 Å². The first kappa shape index (κ1) is 8.03. The minimum absolute atomic E-state index is 0.0961. The van der Waals surface area contributed by atoms with E-state index >= 15 is 0 Å². The summed E-state index contributed by atoms with van der Waals surface area (Å²) >= 11 is 0. The van der Waals surface area contributed by atoms with Crippen molar-refractivity contribution < 1.29 is 9.53 Å². The Morgan fingerprint density at radius 2 is 2.44 bits per heavy atom. The molecule has 0 bridgehead atoms. The first-order chi connectivity index (χ1) is 4.31.